The fourth-order valence-electron chi connectivity index (χ4n) is 2.85. The summed E-state index contributed by atoms with van der Waals surface area (Å²) in [6, 6.07) is 0. The largest absolute Gasteiger partial charge is 0.393 e. The van der Waals surface area contributed by atoms with Gasteiger partial charge in [0.25, 0.3) is 0 Å². The monoisotopic (exact) mass is 340 g/mol. The zero-order chi connectivity index (χ0) is 17.9. The quantitative estimate of drug-likeness (QED) is 0.201. The molecule has 24 heavy (non-hydrogen) atoms. The zero-order valence-electron chi connectivity index (χ0n) is 15.8. The van der Waals surface area contributed by atoms with Crippen LogP contribution < -0.4 is 0 Å². The van der Waals surface area contributed by atoms with Crippen molar-refractivity contribution in [3.63, 3.8) is 0 Å². The van der Waals surface area contributed by atoms with E-state index in [-0.39, 0.29) is 0 Å². The number of aliphatic hydroxyl groups is 2. The Morgan fingerprint density at radius 3 is 1.67 bits per heavy atom. The van der Waals surface area contributed by atoms with E-state index in [1.54, 1.807) is 0 Å². The molecule has 0 aliphatic carbocycles. The van der Waals surface area contributed by atoms with Crippen molar-refractivity contribution in [2.24, 2.45) is 0 Å². The van der Waals surface area contributed by atoms with Crippen LogP contribution in [0.15, 0.2) is 12.2 Å². The molecule has 0 saturated heterocycles. The third-order valence-electron chi connectivity index (χ3n) is 4.61. The van der Waals surface area contributed by atoms with Crippen molar-refractivity contribution in [1.82, 2.24) is 0 Å². The van der Waals surface area contributed by atoms with Gasteiger partial charge in [-0.2, -0.15) is 0 Å². The van der Waals surface area contributed by atoms with Crippen LogP contribution in [0, 0.1) is 0 Å². The summed E-state index contributed by atoms with van der Waals surface area (Å²) in [5.74, 6) is 0. The van der Waals surface area contributed by atoms with E-state index in [0.29, 0.717) is 12.7 Å². The Bertz CT molecular complexity index is 301. The molecule has 1 unspecified atom stereocenters. The molecule has 0 radical (unpaired) electrons. The van der Waals surface area contributed by atoms with Crippen molar-refractivity contribution in [1.29, 1.82) is 0 Å². The third kappa shape index (κ3) is 14.9. The van der Waals surface area contributed by atoms with Crippen molar-refractivity contribution in [2.75, 3.05) is 6.61 Å². The molecule has 1 atom stereocenters. The first-order valence-electron chi connectivity index (χ1n) is 10.1. The van der Waals surface area contributed by atoms with Gasteiger partial charge in [-0.3, -0.25) is 0 Å². The van der Waals surface area contributed by atoms with Gasteiger partial charge in [0.05, 0.1) is 6.61 Å². The standard InChI is InChI=1S/C21H40O3/c1-2-3-4-5-6-7-8-9-10-11-12-13-14-15-16-17-18-21(24,19-22)20-23/h9-10,19,23-24H,2-8,11-18,20H2,1H3/b10-9-. The van der Waals surface area contributed by atoms with E-state index in [0.717, 1.165) is 19.3 Å². The summed E-state index contributed by atoms with van der Waals surface area (Å²) in [6.45, 7) is 1.79. The average Bonchev–Trinajstić information content (AvgIpc) is 2.61. The molecular weight excluding hydrogens is 300 g/mol. The maximum Gasteiger partial charge on any atom is 0.153 e. The highest BCUT2D eigenvalue weighted by atomic mass is 16.3. The fraction of sp³-hybridized carbons (Fsp3) is 0.857. The highest BCUT2D eigenvalue weighted by Crippen LogP contribution is 2.15. The highest BCUT2D eigenvalue weighted by Gasteiger charge is 2.23. The number of aliphatic hydroxyl groups excluding tert-OH is 1. The number of unbranched alkanes of at least 4 members (excludes halogenated alkanes) is 12. The van der Waals surface area contributed by atoms with Gasteiger partial charge in [-0.25, -0.2) is 0 Å². The number of hydrogen-bond acceptors (Lipinski definition) is 3. The molecule has 0 aliphatic rings. The smallest absolute Gasteiger partial charge is 0.153 e. The molecule has 0 bridgehead atoms. The lowest BCUT2D eigenvalue weighted by molar-refractivity contribution is -0.128. The lowest BCUT2D eigenvalue weighted by atomic mass is 9.98. The average molecular weight is 341 g/mol. The first kappa shape index (κ1) is 23.3. The van der Waals surface area contributed by atoms with Gasteiger partial charge in [-0.05, 0) is 32.1 Å². The van der Waals surface area contributed by atoms with Gasteiger partial charge in [0, 0.05) is 0 Å². The van der Waals surface area contributed by atoms with E-state index in [1.165, 1.54) is 70.6 Å². The van der Waals surface area contributed by atoms with Crippen molar-refractivity contribution in [3.05, 3.63) is 12.2 Å². The summed E-state index contributed by atoms with van der Waals surface area (Å²) in [5, 5.41) is 18.5. The Morgan fingerprint density at radius 2 is 1.21 bits per heavy atom. The second-order valence-electron chi connectivity index (χ2n) is 7.07. The van der Waals surface area contributed by atoms with Crippen LogP contribution in [0.1, 0.15) is 103 Å². The van der Waals surface area contributed by atoms with Crippen LogP contribution in [0.5, 0.6) is 0 Å². The summed E-state index contributed by atoms with van der Waals surface area (Å²) >= 11 is 0. The minimum atomic E-state index is -1.51. The molecule has 0 heterocycles. The Kier molecular flexibility index (Phi) is 16.7. The van der Waals surface area contributed by atoms with E-state index in [4.69, 9.17) is 5.11 Å². The second-order valence-corrected chi connectivity index (χ2v) is 7.07. The first-order chi connectivity index (χ1) is 11.7. The van der Waals surface area contributed by atoms with Gasteiger partial charge in [0.15, 0.2) is 6.29 Å². The summed E-state index contributed by atoms with van der Waals surface area (Å²) in [6.07, 6.45) is 22.8. The maximum atomic E-state index is 10.6. The van der Waals surface area contributed by atoms with Crippen molar-refractivity contribution in [3.8, 4) is 0 Å². The number of carbonyl (C=O) groups excluding carboxylic acids is 1. The Hall–Kier alpha value is -0.670. The molecule has 0 aromatic heterocycles. The van der Waals surface area contributed by atoms with Gasteiger partial charge in [-0.15, -0.1) is 0 Å². The van der Waals surface area contributed by atoms with Crippen molar-refractivity contribution < 1.29 is 15.0 Å². The number of carbonyl (C=O) groups is 1. The molecule has 142 valence electrons. The van der Waals surface area contributed by atoms with Gasteiger partial charge in [0.2, 0.25) is 0 Å². The molecule has 0 aliphatic heterocycles. The van der Waals surface area contributed by atoms with E-state index in [9.17, 15) is 9.90 Å². The second kappa shape index (κ2) is 17.2. The zero-order valence-corrected chi connectivity index (χ0v) is 15.8. The SMILES string of the molecule is CCCCCCCC/C=C\CCCCCCCCC(O)(C=O)CO. The number of hydrogen-bond donors (Lipinski definition) is 2. The van der Waals surface area contributed by atoms with Crippen molar-refractivity contribution >= 4 is 6.29 Å². The molecule has 0 fully saturated rings. The lowest BCUT2D eigenvalue weighted by Crippen LogP contribution is -2.34. The Labute approximate surface area is 149 Å². The van der Waals surface area contributed by atoms with Gasteiger partial charge >= 0.3 is 0 Å². The van der Waals surface area contributed by atoms with Crippen LogP contribution in [0.25, 0.3) is 0 Å². The van der Waals surface area contributed by atoms with E-state index < -0.39 is 12.2 Å². The summed E-state index contributed by atoms with van der Waals surface area (Å²) < 4.78 is 0. The normalized spacial score (nSPS) is 14.1. The van der Waals surface area contributed by atoms with Crippen LogP contribution in [0.3, 0.4) is 0 Å². The molecule has 0 amide bonds. The van der Waals surface area contributed by atoms with Gasteiger partial charge in [0.1, 0.15) is 5.60 Å². The van der Waals surface area contributed by atoms with E-state index >= 15 is 0 Å². The molecular formula is C21H40O3. The number of aldehydes is 1. The molecule has 2 N–H and O–H groups in total. The predicted octanol–water partition coefficient (Wildman–Crippen LogP) is 5.34. The lowest BCUT2D eigenvalue weighted by Gasteiger charge is -2.17. The summed E-state index contributed by atoms with van der Waals surface area (Å²) in [4.78, 5) is 10.6. The molecule has 0 aromatic rings. The molecule has 3 heteroatoms. The summed E-state index contributed by atoms with van der Waals surface area (Å²) in [7, 11) is 0. The van der Waals surface area contributed by atoms with Crippen LogP contribution in [-0.2, 0) is 4.79 Å². The van der Waals surface area contributed by atoms with Crippen LogP contribution in [0.2, 0.25) is 0 Å². The Morgan fingerprint density at radius 1 is 0.750 bits per heavy atom. The Balaban J connectivity index is 3.25. The predicted molar refractivity (Wildman–Crippen MR) is 102 cm³/mol. The summed E-state index contributed by atoms with van der Waals surface area (Å²) in [5.41, 5.74) is -1.51. The van der Waals surface area contributed by atoms with Crippen LogP contribution in [-0.4, -0.2) is 28.7 Å². The topological polar surface area (TPSA) is 57.5 Å². The molecule has 3 nitrogen and oxygen atoms in total. The minimum Gasteiger partial charge on any atom is -0.393 e. The van der Waals surface area contributed by atoms with Crippen LogP contribution in [0.4, 0.5) is 0 Å². The fourth-order valence-corrected chi connectivity index (χ4v) is 2.85. The highest BCUT2D eigenvalue weighted by molar-refractivity contribution is 5.62. The molecule has 0 aromatic carbocycles. The maximum absolute atomic E-state index is 10.6. The molecule has 0 rings (SSSR count). The number of allylic oxidation sites excluding steroid dienone is 2. The van der Waals surface area contributed by atoms with Crippen LogP contribution >= 0.6 is 0 Å². The first-order valence-corrected chi connectivity index (χ1v) is 10.1. The third-order valence-corrected chi connectivity index (χ3v) is 4.61. The van der Waals surface area contributed by atoms with E-state index in [1.807, 2.05) is 0 Å². The molecule has 0 saturated carbocycles. The minimum absolute atomic E-state index is 0.369. The van der Waals surface area contributed by atoms with Gasteiger partial charge < -0.3 is 15.0 Å². The van der Waals surface area contributed by atoms with Crippen molar-refractivity contribution in [2.45, 2.75) is 109 Å². The van der Waals surface area contributed by atoms with Gasteiger partial charge in [-0.1, -0.05) is 83.3 Å². The van der Waals surface area contributed by atoms with E-state index in [2.05, 4.69) is 19.1 Å². The molecule has 0 spiro atoms. The number of rotatable bonds is 18.